The van der Waals surface area contributed by atoms with Gasteiger partial charge in [-0.2, -0.15) is 4.31 Å². The van der Waals surface area contributed by atoms with Crippen LogP contribution in [0, 0.1) is 0 Å². The Morgan fingerprint density at radius 2 is 2.18 bits per heavy atom. The first kappa shape index (κ1) is 15.3. The number of benzene rings is 1. The molecule has 0 spiro atoms. The van der Waals surface area contributed by atoms with E-state index in [4.69, 9.17) is 4.74 Å². The van der Waals surface area contributed by atoms with E-state index in [-0.39, 0.29) is 12.0 Å². The van der Waals surface area contributed by atoms with Crippen molar-refractivity contribution in [3.63, 3.8) is 0 Å². The molecule has 0 saturated carbocycles. The third-order valence-electron chi connectivity index (χ3n) is 4.15. The van der Waals surface area contributed by atoms with Crippen LogP contribution in [0.1, 0.15) is 18.4 Å². The lowest BCUT2D eigenvalue weighted by molar-refractivity contribution is -0.124. The summed E-state index contributed by atoms with van der Waals surface area (Å²) in [6, 6.07) is 7.23. The Kier molecular flexibility index (Phi) is 4.10. The average Bonchev–Trinajstić information content (AvgIpc) is 3.10. The molecule has 2 aliphatic heterocycles. The molecule has 0 aliphatic carbocycles. The van der Waals surface area contributed by atoms with Crippen molar-refractivity contribution >= 4 is 15.9 Å². The molecule has 0 bridgehead atoms. The van der Waals surface area contributed by atoms with E-state index in [0.717, 1.165) is 30.4 Å². The standard InChI is InChI=1S/C15H20N2O4S/c1-22(19,20)17-8-4-6-13(17)15(18)16-10-12-9-11-5-2-3-7-14(11)21-12/h2-3,5,7,12-13H,4,6,8-10H2,1H3,(H,16,18)/t12-,13+/m1/s1. The quantitative estimate of drug-likeness (QED) is 0.877. The summed E-state index contributed by atoms with van der Waals surface area (Å²) >= 11 is 0. The van der Waals surface area contributed by atoms with Crippen molar-refractivity contribution in [3.05, 3.63) is 29.8 Å². The second-order valence-electron chi connectivity index (χ2n) is 5.83. The van der Waals surface area contributed by atoms with E-state index in [2.05, 4.69) is 5.32 Å². The predicted octanol–water partition coefficient (Wildman–Crippen LogP) is 0.530. The number of carbonyl (C=O) groups is 1. The van der Waals surface area contributed by atoms with E-state index >= 15 is 0 Å². The fraction of sp³-hybridized carbons (Fsp3) is 0.533. The fourth-order valence-corrected chi connectivity index (χ4v) is 4.22. The van der Waals surface area contributed by atoms with Gasteiger partial charge in [0.15, 0.2) is 0 Å². The number of carbonyl (C=O) groups excluding carboxylic acids is 1. The van der Waals surface area contributed by atoms with E-state index in [1.807, 2.05) is 24.3 Å². The lowest BCUT2D eigenvalue weighted by atomic mass is 10.1. The number of hydrogen-bond acceptors (Lipinski definition) is 4. The topological polar surface area (TPSA) is 75.7 Å². The lowest BCUT2D eigenvalue weighted by Gasteiger charge is -2.22. The highest BCUT2D eigenvalue weighted by Gasteiger charge is 2.36. The first-order valence-electron chi connectivity index (χ1n) is 7.44. The average molecular weight is 324 g/mol. The molecule has 2 heterocycles. The van der Waals surface area contributed by atoms with Gasteiger partial charge in [-0.25, -0.2) is 8.42 Å². The molecule has 0 aromatic heterocycles. The van der Waals surface area contributed by atoms with Crippen LogP contribution in [0.15, 0.2) is 24.3 Å². The molecular weight excluding hydrogens is 304 g/mol. The zero-order chi connectivity index (χ0) is 15.7. The molecule has 22 heavy (non-hydrogen) atoms. The number of rotatable bonds is 4. The Morgan fingerprint density at radius 3 is 2.91 bits per heavy atom. The van der Waals surface area contributed by atoms with Gasteiger partial charge in [-0.1, -0.05) is 18.2 Å². The van der Waals surface area contributed by atoms with Gasteiger partial charge in [-0.05, 0) is 24.5 Å². The molecule has 1 aromatic rings. The highest BCUT2D eigenvalue weighted by atomic mass is 32.2. The van der Waals surface area contributed by atoms with E-state index in [1.165, 1.54) is 4.31 Å². The number of para-hydroxylation sites is 1. The van der Waals surface area contributed by atoms with Crippen molar-refractivity contribution in [3.8, 4) is 5.75 Å². The molecule has 2 aliphatic rings. The molecule has 1 amide bonds. The number of hydrogen-bond donors (Lipinski definition) is 1. The number of fused-ring (bicyclic) bond motifs is 1. The van der Waals surface area contributed by atoms with Crippen LogP contribution < -0.4 is 10.1 Å². The van der Waals surface area contributed by atoms with Crippen molar-refractivity contribution in [2.75, 3.05) is 19.3 Å². The van der Waals surface area contributed by atoms with E-state index in [0.29, 0.717) is 19.5 Å². The molecule has 6 nitrogen and oxygen atoms in total. The van der Waals surface area contributed by atoms with Crippen molar-refractivity contribution in [1.82, 2.24) is 9.62 Å². The summed E-state index contributed by atoms with van der Waals surface area (Å²) in [5, 5.41) is 2.83. The van der Waals surface area contributed by atoms with Gasteiger partial charge in [-0.15, -0.1) is 0 Å². The predicted molar refractivity (Wildman–Crippen MR) is 82.1 cm³/mol. The van der Waals surface area contributed by atoms with Crippen molar-refractivity contribution in [2.24, 2.45) is 0 Å². The van der Waals surface area contributed by atoms with E-state index < -0.39 is 16.1 Å². The van der Waals surface area contributed by atoms with Crippen LogP contribution in [0.2, 0.25) is 0 Å². The summed E-state index contributed by atoms with van der Waals surface area (Å²) in [7, 11) is -3.34. The first-order chi connectivity index (χ1) is 10.4. The van der Waals surface area contributed by atoms with Crippen LogP contribution in [0.3, 0.4) is 0 Å². The van der Waals surface area contributed by atoms with E-state index in [1.54, 1.807) is 0 Å². The largest absolute Gasteiger partial charge is 0.488 e. The molecule has 1 aromatic carbocycles. The maximum Gasteiger partial charge on any atom is 0.238 e. The molecule has 1 fully saturated rings. The summed E-state index contributed by atoms with van der Waals surface area (Å²) < 4.78 is 30.4. The Labute approximate surface area is 130 Å². The normalized spacial score (nSPS) is 24.8. The van der Waals surface area contributed by atoms with Gasteiger partial charge in [0.25, 0.3) is 0 Å². The Balaban J connectivity index is 1.55. The number of ether oxygens (including phenoxy) is 1. The fourth-order valence-electron chi connectivity index (χ4n) is 3.10. The highest BCUT2D eigenvalue weighted by Crippen LogP contribution is 2.28. The minimum atomic E-state index is -3.34. The smallest absolute Gasteiger partial charge is 0.238 e. The number of nitrogens with zero attached hydrogens (tertiary/aromatic N) is 1. The molecule has 3 rings (SSSR count). The Bertz CT molecular complexity index is 649. The van der Waals surface area contributed by atoms with Crippen LogP contribution in [-0.2, 0) is 21.2 Å². The summed E-state index contributed by atoms with van der Waals surface area (Å²) in [5.74, 6) is 0.628. The van der Waals surface area contributed by atoms with Gasteiger partial charge in [-0.3, -0.25) is 4.79 Å². The summed E-state index contributed by atoms with van der Waals surface area (Å²) in [5.41, 5.74) is 1.14. The minimum absolute atomic E-state index is 0.0885. The molecule has 0 radical (unpaired) electrons. The summed E-state index contributed by atoms with van der Waals surface area (Å²) in [6.45, 7) is 0.809. The number of sulfonamides is 1. The summed E-state index contributed by atoms with van der Waals surface area (Å²) in [6.07, 6.45) is 3.11. The van der Waals surface area contributed by atoms with E-state index in [9.17, 15) is 13.2 Å². The second kappa shape index (κ2) is 5.89. The lowest BCUT2D eigenvalue weighted by Crippen LogP contribution is -2.47. The van der Waals surface area contributed by atoms with Crippen molar-refractivity contribution in [2.45, 2.75) is 31.4 Å². The monoisotopic (exact) mass is 324 g/mol. The molecule has 1 N–H and O–H groups in total. The highest BCUT2D eigenvalue weighted by molar-refractivity contribution is 7.88. The number of amides is 1. The van der Waals surface area contributed by atoms with Crippen LogP contribution in [0.25, 0.3) is 0 Å². The summed E-state index contributed by atoms with van der Waals surface area (Å²) in [4.78, 5) is 12.3. The molecule has 7 heteroatoms. The van der Waals surface area contributed by atoms with Gasteiger partial charge in [0.05, 0.1) is 12.8 Å². The van der Waals surface area contributed by atoms with Gasteiger partial charge in [0.1, 0.15) is 17.9 Å². The Hall–Kier alpha value is -1.60. The SMILES string of the molecule is CS(=O)(=O)N1CCC[C@H]1C(=O)NC[C@H]1Cc2ccccc2O1. The molecule has 0 unspecified atom stereocenters. The molecule has 120 valence electrons. The van der Waals surface area contributed by atoms with Gasteiger partial charge >= 0.3 is 0 Å². The van der Waals surface area contributed by atoms with Crippen molar-refractivity contribution < 1.29 is 17.9 Å². The second-order valence-corrected chi connectivity index (χ2v) is 7.76. The molecule has 2 atom stereocenters. The first-order valence-corrected chi connectivity index (χ1v) is 9.29. The molecule has 1 saturated heterocycles. The van der Waals surface area contributed by atoms with Gasteiger partial charge < -0.3 is 10.1 Å². The minimum Gasteiger partial charge on any atom is -0.488 e. The van der Waals surface area contributed by atoms with Crippen LogP contribution in [-0.4, -0.2) is 50.1 Å². The van der Waals surface area contributed by atoms with Gasteiger partial charge in [0.2, 0.25) is 15.9 Å². The zero-order valence-electron chi connectivity index (χ0n) is 12.5. The van der Waals surface area contributed by atoms with Crippen LogP contribution >= 0.6 is 0 Å². The maximum atomic E-state index is 12.3. The number of nitrogens with one attached hydrogen (secondary N) is 1. The third kappa shape index (κ3) is 3.10. The Morgan fingerprint density at radius 1 is 1.41 bits per heavy atom. The molecular formula is C15H20N2O4S. The maximum absolute atomic E-state index is 12.3. The van der Waals surface area contributed by atoms with Crippen LogP contribution in [0.4, 0.5) is 0 Å². The van der Waals surface area contributed by atoms with Gasteiger partial charge in [0, 0.05) is 13.0 Å². The third-order valence-corrected chi connectivity index (χ3v) is 5.44. The van der Waals surface area contributed by atoms with Crippen molar-refractivity contribution in [1.29, 1.82) is 0 Å². The van der Waals surface area contributed by atoms with Crippen LogP contribution in [0.5, 0.6) is 5.75 Å². The zero-order valence-corrected chi connectivity index (χ0v) is 13.3.